The smallest absolute Gasteiger partial charge is 0.254 e. The van der Waals surface area contributed by atoms with E-state index in [0.29, 0.717) is 42.8 Å². The first-order valence-electron chi connectivity index (χ1n) is 8.40. The zero-order valence-electron chi connectivity index (χ0n) is 14.2. The van der Waals surface area contributed by atoms with Gasteiger partial charge < -0.3 is 14.2 Å². The molecule has 0 bridgehead atoms. The Balaban J connectivity index is 1.42. The molecule has 2 heterocycles. The van der Waals surface area contributed by atoms with Crippen molar-refractivity contribution in [1.29, 1.82) is 0 Å². The Morgan fingerprint density at radius 1 is 0.852 bits per heavy atom. The highest BCUT2D eigenvalue weighted by Gasteiger charge is 2.26. The third-order valence-electron chi connectivity index (χ3n) is 4.60. The van der Waals surface area contributed by atoms with Gasteiger partial charge in [-0.2, -0.15) is 0 Å². The van der Waals surface area contributed by atoms with Crippen LogP contribution in [-0.4, -0.2) is 52.8 Å². The standard InChI is InChI=1S/C19H15F2N3O3/c20-14-3-1-12(9-15(14)21)18(25)23-5-7-24(8-6-23)19(26)13-2-4-17-16(10-13)22-11-27-17/h1-4,9-11H,5-8H2. The molecule has 1 aromatic heterocycles. The van der Waals surface area contributed by atoms with Gasteiger partial charge in [0.15, 0.2) is 23.6 Å². The topological polar surface area (TPSA) is 66.7 Å². The molecule has 0 saturated carbocycles. The van der Waals surface area contributed by atoms with Crippen LogP contribution >= 0.6 is 0 Å². The zero-order valence-corrected chi connectivity index (χ0v) is 14.2. The summed E-state index contributed by atoms with van der Waals surface area (Å²) in [6.45, 7) is 1.34. The SMILES string of the molecule is O=C(c1ccc(F)c(F)c1)N1CCN(C(=O)c2ccc3ocnc3c2)CC1. The van der Waals surface area contributed by atoms with E-state index < -0.39 is 11.6 Å². The van der Waals surface area contributed by atoms with Crippen LogP contribution in [0.1, 0.15) is 20.7 Å². The van der Waals surface area contributed by atoms with E-state index in [4.69, 9.17) is 4.42 Å². The predicted molar refractivity (Wildman–Crippen MR) is 92.2 cm³/mol. The van der Waals surface area contributed by atoms with Gasteiger partial charge in [0.1, 0.15) is 5.52 Å². The van der Waals surface area contributed by atoms with Gasteiger partial charge in [-0.15, -0.1) is 0 Å². The first kappa shape index (κ1) is 17.1. The second-order valence-electron chi connectivity index (χ2n) is 6.25. The predicted octanol–water partition coefficient (Wildman–Crippen LogP) is 2.70. The lowest BCUT2D eigenvalue weighted by atomic mass is 10.1. The molecule has 0 spiro atoms. The van der Waals surface area contributed by atoms with Crippen molar-refractivity contribution in [3.05, 3.63) is 65.6 Å². The number of rotatable bonds is 2. The van der Waals surface area contributed by atoms with Crippen molar-refractivity contribution in [1.82, 2.24) is 14.8 Å². The van der Waals surface area contributed by atoms with E-state index in [9.17, 15) is 18.4 Å². The monoisotopic (exact) mass is 371 g/mol. The van der Waals surface area contributed by atoms with Crippen LogP contribution in [-0.2, 0) is 0 Å². The Hall–Kier alpha value is -3.29. The average molecular weight is 371 g/mol. The van der Waals surface area contributed by atoms with Gasteiger partial charge in [0.2, 0.25) is 0 Å². The van der Waals surface area contributed by atoms with Crippen LogP contribution in [0.4, 0.5) is 8.78 Å². The first-order valence-corrected chi connectivity index (χ1v) is 8.40. The number of carbonyl (C=O) groups excluding carboxylic acids is 2. The highest BCUT2D eigenvalue weighted by Crippen LogP contribution is 2.17. The van der Waals surface area contributed by atoms with Gasteiger partial charge in [0, 0.05) is 37.3 Å². The van der Waals surface area contributed by atoms with E-state index in [-0.39, 0.29) is 17.4 Å². The second-order valence-corrected chi connectivity index (χ2v) is 6.25. The van der Waals surface area contributed by atoms with Crippen LogP contribution in [0.3, 0.4) is 0 Å². The van der Waals surface area contributed by atoms with Crippen LogP contribution in [0, 0.1) is 11.6 Å². The number of oxazole rings is 1. The summed E-state index contributed by atoms with van der Waals surface area (Å²) in [5.74, 6) is -2.59. The Bertz CT molecular complexity index is 1030. The van der Waals surface area contributed by atoms with Gasteiger partial charge >= 0.3 is 0 Å². The Kier molecular flexibility index (Phi) is 4.31. The van der Waals surface area contributed by atoms with Gasteiger partial charge in [-0.1, -0.05) is 0 Å². The van der Waals surface area contributed by atoms with E-state index in [1.54, 1.807) is 23.1 Å². The number of amides is 2. The molecule has 2 aromatic carbocycles. The average Bonchev–Trinajstić information content (AvgIpc) is 3.17. The third-order valence-corrected chi connectivity index (χ3v) is 4.60. The maximum Gasteiger partial charge on any atom is 0.254 e. The molecule has 8 heteroatoms. The molecule has 2 amide bonds. The maximum atomic E-state index is 13.3. The van der Waals surface area contributed by atoms with Gasteiger partial charge in [-0.25, -0.2) is 13.8 Å². The summed E-state index contributed by atoms with van der Waals surface area (Å²) in [6, 6.07) is 8.11. The van der Waals surface area contributed by atoms with Crippen molar-refractivity contribution in [3.8, 4) is 0 Å². The molecule has 0 N–H and O–H groups in total. The van der Waals surface area contributed by atoms with Gasteiger partial charge in [-0.3, -0.25) is 9.59 Å². The lowest BCUT2D eigenvalue weighted by Gasteiger charge is -2.34. The summed E-state index contributed by atoms with van der Waals surface area (Å²) >= 11 is 0. The highest BCUT2D eigenvalue weighted by atomic mass is 19.2. The largest absolute Gasteiger partial charge is 0.443 e. The van der Waals surface area contributed by atoms with E-state index in [1.165, 1.54) is 17.4 Å². The van der Waals surface area contributed by atoms with Gasteiger partial charge in [0.25, 0.3) is 11.8 Å². The molecule has 27 heavy (non-hydrogen) atoms. The van der Waals surface area contributed by atoms with E-state index >= 15 is 0 Å². The van der Waals surface area contributed by atoms with Crippen molar-refractivity contribution in [3.63, 3.8) is 0 Å². The minimum atomic E-state index is -1.06. The van der Waals surface area contributed by atoms with Crippen LogP contribution in [0.25, 0.3) is 11.1 Å². The summed E-state index contributed by atoms with van der Waals surface area (Å²) in [7, 11) is 0. The number of nitrogens with zero attached hydrogens (tertiary/aromatic N) is 3. The van der Waals surface area contributed by atoms with E-state index in [0.717, 1.165) is 12.1 Å². The fourth-order valence-electron chi connectivity index (χ4n) is 3.10. The molecule has 3 aromatic rings. The van der Waals surface area contributed by atoms with E-state index in [2.05, 4.69) is 4.98 Å². The molecule has 4 rings (SSSR count). The number of hydrogen-bond acceptors (Lipinski definition) is 4. The van der Waals surface area contributed by atoms with Crippen LogP contribution in [0.2, 0.25) is 0 Å². The number of fused-ring (bicyclic) bond motifs is 1. The summed E-state index contributed by atoms with van der Waals surface area (Å²) in [6.07, 6.45) is 1.32. The van der Waals surface area contributed by atoms with Crippen LogP contribution in [0.5, 0.6) is 0 Å². The number of hydrogen-bond donors (Lipinski definition) is 0. The molecule has 0 aliphatic carbocycles. The zero-order chi connectivity index (χ0) is 19.0. The lowest BCUT2D eigenvalue weighted by molar-refractivity contribution is 0.0535. The third kappa shape index (κ3) is 3.25. The van der Waals surface area contributed by atoms with E-state index in [1.807, 2.05) is 0 Å². The van der Waals surface area contributed by atoms with Crippen molar-refractivity contribution in [2.24, 2.45) is 0 Å². The summed E-state index contributed by atoms with van der Waals surface area (Å²) in [5.41, 5.74) is 1.79. The number of halogens is 2. The minimum Gasteiger partial charge on any atom is -0.443 e. The number of aromatic nitrogens is 1. The molecule has 138 valence electrons. The molecule has 1 saturated heterocycles. The Labute approximate surface area is 153 Å². The molecule has 0 atom stereocenters. The minimum absolute atomic E-state index is 0.0881. The number of piperazine rings is 1. The fourth-order valence-corrected chi connectivity index (χ4v) is 3.10. The van der Waals surface area contributed by atoms with Gasteiger partial charge in [0.05, 0.1) is 0 Å². The van der Waals surface area contributed by atoms with Crippen molar-refractivity contribution >= 4 is 22.9 Å². The fraction of sp³-hybridized carbons (Fsp3) is 0.211. The quantitative estimate of drug-likeness (QED) is 0.695. The maximum absolute atomic E-state index is 13.3. The highest BCUT2D eigenvalue weighted by molar-refractivity contribution is 5.97. The normalized spacial score (nSPS) is 14.6. The van der Waals surface area contributed by atoms with Crippen molar-refractivity contribution in [2.75, 3.05) is 26.2 Å². The molecular weight excluding hydrogens is 356 g/mol. The summed E-state index contributed by atoms with van der Waals surface area (Å²) < 4.78 is 31.5. The molecule has 1 aliphatic rings. The van der Waals surface area contributed by atoms with Gasteiger partial charge in [-0.05, 0) is 36.4 Å². The second kappa shape index (κ2) is 6.79. The summed E-state index contributed by atoms with van der Waals surface area (Å²) in [5, 5.41) is 0. The molecule has 0 unspecified atom stereocenters. The molecule has 1 aliphatic heterocycles. The number of benzene rings is 2. The Morgan fingerprint density at radius 2 is 1.44 bits per heavy atom. The lowest BCUT2D eigenvalue weighted by Crippen LogP contribution is -2.50. The molecule has 1 fully saturated rings. The van der Waals surface area contributed by atoms with Crippen molar-refractivity contribution < 1.29 is 22.8 Å². The first-order chi connectivity index (χ1) is 13.0. The Morgan fingerprint density at radius 3 is 2.07 bits per heavy atom. The molecule has 0 radical (unpaired) electrons. The summed E-state index contributed by atoms with van der Waals surface area (Å²) in [4.78, 5) is 32.3. The number of carbonyl (C=O) groups is 2. The molecular formula is C19H15F2N3O3. The van der Waals surface area contributed by atoms with Crippen LogP contribution in [0.15, 0.2) is 47.2 Å². The van der Waals surface area contributed by atoms with Crippen LogP contribution < -0.4 is 0 Å². The van der Waals surface area contributed by atoms with Crippen molar-refractivity contribution in [2.45, 2.75) is 0 Å². The molecule has 6 nitrogen and oxygen atoms in total.